The number of carbonyl (C=O) groups is 4. The second-order valence-corrected chi connectivity index (χ2v) is 7.50. The number of amides is 4. The van der Waals surface area contributed by atoms with Crippen LogP contribution in [0.5, 0.6) is 0 Å². The maximum atomic E-state index is 12.8. The Morgan fingerprint density at radius 2 is 1.73 bits per heavy atom. The zero-order valence-electron chi connectivity index (χ0n) is 17.8. The van der Waals surface area contributed by atoms with Gasteiger partial charge in [-0.15, -0.1) is 0 Å². The molecule has 2 aromatic carbocycles. The van der Waals surface area contributed by atoms with Gasteiger partial charge in [0.05, 0.1) is 0 Å². The lowest BCUT2D eigenvalue weighted by Crippen LogP contribution is -2.49. The molecule has 3 aromatic rings. The number of nitrogens with one attached hydrogen (secondary N) is 2. The van der Waals surface area contributed by atoms with Crippen LogP contribution in [-0.2, 0) is 19.9 Å². The topological polar surface area (TPSA) is 131 Å². The van der Waals surface area contributed by atoms with E-state index in [1.54, 1.807) is 61.5 Å². The molecule has 1 aliphatic heterocycles. The number of aryl methyl sites for hydroxylation is 1. The van der Waals surface area contributed by atoms with Crippen molar-refractivity contribution in [3.8, 4) is 11.3 Å². The molecule has 1 saturated heterocycles. The summed E-state index contributed by atoms with van der Waals surface area (Å²) < 4.78 is 10.2. The van der Waals surface area contributed by atoms with E-state index < -0.39 is 36.0 Å². The maximum Gasteiger partial charge on any atom is 0.344 e. The minimum Gasteiger partial charge on any atom is -0.452 e. The number of urea groups is 1. The molecule has 168 valence electrons. The van der Waals surface area contributed by atoms with E-state index in [9.17, 15) is 19.2 Å². The number of hydrogen-bond donors (Lipinski definition) is 2. The number of hydrogen-bond acceptors (Lipinski definition) is 7. The van der Waals surface area contributed by atoms with E-state index >= 15 is 0 Å². The summed E-state index contributed by atoms with van der Waals surface area (Å²) in [6.45, 7) is 2.36. The molecule has 1 fully saturated rings. The summed E-state index contributed by atoms with van der Waals surface area (Å²) in [5.41, 5.74) is 2.41. The number of benzene rings is 2. The molecular weight excluding hydrogens is 428 g/mol. The molecule has 2 N–H and O–H groups in total. The lowest BCUT2D eigenvalue weighted by molar-refractivity contribution is -0.140. The Morgan fingerprint density at radius 3 is 2.39 bits per heavy atom. The Hall–Kier alpha value is -4.47. The predicted octanol–water partition coefficient (Wildman–Crippen LogP) is 2.31. The third kappa shape index (κ3) is 4.05. The standard InChI is InChI=1S/C23H20N4O6/c1-14-18(19(26-33-14)15-9-5-3-6-10-15)20(29)32-13-17(28)25-27-21(30)23(2,24-22(27)31)16-11-7-4-8-12-16/h3-12H,13H2,1-2H3,(H,24,31)(H,25,28). The molecule has 10 heteroatoms. The van der Waals surface area contributed by atoms with Gasteiger partial charge in [-0.25, -0.2) is 9.59 Å². The summed E-state index contributed by atoms with van der Waals surface area (Å²) in [5, 5.41) is 7.04. The quantitative estimate of drug-likeness (QED) is 0.437. The lowest BCUT2D eigenvalue weighted by Gasteiger charge is -2.22. The molecule has 0 spiro atoms. The number of hydrazine groups is 1. The molecule has 0 aliphatic carbocycles. The molecule has 1 aliphatic rings. The van der Waals surface area contributed by atoms with Crippen LogP contribution in [0.15, 0.2) is 65.2 Å². The Balaban J connectivity index is 1.42. The molecule has 10 nitrogen and oxygen atoms in total. The Bertz CT molecular complexity index is 1220. The van der Waals surface area contributed by atoms with Crippen LogP contribution in [0, 0.1) is 6.92 Å². The van der Waals surface area contributed by atoms with E-state index in [4.69, 9.17) is 9.26 Å². The third-order valence-electron chi connectivity index (χ3n) is 5.23. The van der Waals surface area contributed by atoms with Gasteiger partial charge in [0, 0.05) is 5.56 Å². The van der Waals surface area contributed by atoms with Gasteiger partial charge in [0.2, 0.25) is 0 Å². The van der Waals surface area contributed by atoms with Crippen LogP contribution in [0.25, 0.3) is 11.3 Å². The third-order valence-corrected chi connectivity index (χ3v) is 5.23. The van der Waals surface area contributed by atoms with Gasteiger partial charge in [-0.2, -0.15) is 5.01 Å². The molecule has 4 amide bonds. The summed E-state index contributed by atoms with van der Waals surface area (Å²) in [4.78, 5) is 50.1. The summed E-state index contributed by atoms with van der Waals surface area (Å²) in [7, 11) is 0. The fraction of sp³-hybridized carbons (Fsp3) is 0.174. The summed E-state index contributed by atoms with van der Waals surface area (Å²) in [6, 6.07) is 16.7. The molecule has 1 unspecified atom stereocenters. The smallest absolute Gasteiger partial charge is 0.344 e. The molecule has 2 heterocycles. The maximum absolute atomic E-state index is 12.8. The zero-order chi connectivity index (χ0) is 23.6. The van der Waals surface area contributed by atoms with Crippen LogP contribution in [0.4, 0.5) is 4.79 Å². The van der Waals surface area contributed by atoms with Gasteiger partial charge in [-0.3, -0.25) is 15.0 Å². The number of nitrogens with zero attached hydrogens (tertiary/aromatic N) is 2. The first-order valence-electron chi connectivity index (χ1n) is 10.0. The highest BCUT2D eigenvalue weighted by atomic mass is 16.5. The molecule has 0 saturated carbocycles. The minimum absolute atomic E-state index is 0.0839. The summed E-state index contributed by atoms with van der Waals surface area (Å²) >= 11 is 0. The Labute approximate surface area is 188 Å². The molecule has 4 rings (SSSR count). The second-order valence-electron chi connectivity index (χ2n) is 7.50. The average Bonchev–Trinajstić information content (AvgIpc) is 3.32. The normalized spacial score (nSPS) is 17.6. The number of rotatable bonds is 6. The minimum atomic E-state index is -1.34. The first kappa shape index (κ1) is 21.8. The Kier molecular flexibility index (Phi) is 5.65. The van der Waals surface area contributed by atoms with Crippen molar-refractivity contribution in [2.45, 2.75) is 19.4 Å². The van der Waals surface area contributed by atoms with Crippen LogP contribution in [-0.4, -0.2) is 40.6 Å². The van der Waals surface area contributed by atoms with Gasteiger partial charge >= 0.3 is 12.0 Å². The van der Waals surface area contributed by atoms with Gasteiger partial charge in [-0.05, 0) is 19.4 Å². The van der Waals surface area contributed by atoms with Crippen molar-refractivity contribution in [3.05, 3.63) is 77.6 Å². The molecule has 33 heavy (non-hydrogen) atoms. The van der Waals surface area contributed by atoms with E-state index in [2.05, 4.69) is 15.9 Å². The number of imide groups is 1. The van der Waals surface area contributed by atoms with Crippen LogP contribution in [0.3, 0.4) is 0 Å². The van der Waals surface area contributed by atoms with Crippen LogP contribution < -0.4 is 10.7 Å². The van der Waals surface area contributed by atoms with Crippen molar-refractivity contribution in [2.24, 2.45) is 0 Å². The highest BCUT2D eigenvalue weighted by molar-refractivity contribution is 6.08. The monoisotopic (exact) mass is 448 g/mol. The molecule has 0 radical (unpaired) electrons. The number of ether oxygens (including phenoxy) is 1. The Morgan fingerprint density at radius 1 is 1.09 bits per heavy atom. The molecule has 1 aromatic heterocycles. The first-order valence-corrected chi connectivity index (χ1v) is 10.0. The van der Waals surface area contributed by atoms with Crippen molar-refractivity contribution in [3.63, 3.8) is 0 Å². The van der Waals surface area contributed by atoms with E-state index in [0.29, 0.717) is 16.1 Å². The van der Waals surface area contributed by atoms with Crippen molar-refractivity contribution in [2.75, 3.05) is 6.61 Å². The molecule has 1 atom stereocenters. The number of carbonyl (C=O) groups excluding carboxylic acids is 4. The van der Waals surface area contributed by atoms with Crippen LogP contribution in [0.1, 0.15) is 28.6 Å². The zero-order valence-corrected chi connectivity index (χ0v) is 17.8. The fourth-order valence-corrected chi connectivity index (χ4v) is 3.47. The van der Waals surface area contributed by atoms with Gasteiger partial charge in [0.25, 0.3) is 11.8 Å². The van der Waals surface area contributed by atoms with Crippen molar-refractivity contribution < 1.29 is 28.4 Å². The van der Waals surface area contributed by atoms with Gasteiger partial charge in [0.1, 0.15) is 22.6 Å². The first-order chi connectivity index (χ1) is 15.8. The van der Waals surface area contributed by atoms with E-state index in [1.807, 2.05) is 6.07 Å². The number of aromatic nitrogens is 1. The van der Waals surface area contributed by atoms with Crippen molar-refractivity contribution in [1.29, 1.82) is 0 Å². The van der Waals surface area contributed by atoms with Crippen molar-refractivity contribution >= 4 is 23.8 Å². The van der Waals surface area contributed by atoms with Crippen LogP contribution in [0.2, 0.25) is 0 Å². The molecule has 0 bridgehead atoms. The summed E-state index contributed by atoms with van der Waals surface area (Å²) in [5.74, 6) is -2.12. The summed E-state index contributed by atoms with van der Waals surface area (Å²) in [6.07, 6.45) is 0. The average molecular weight is 448 g/mol. The van der Waals surface area contributed by atoms with E-state index in [0.717, 1.165) is 0 Å². The van der Waals surface area contributed by atoms with Gasteiger partial charge in [-0.1, -0.05) is 65.8 Å². The highest BCUT2D eigenvalue weighted by Crippen LogP contribution is 2.28. The van der Waals surface area contributed by atoms with Crippen LogP contribution >= 0.6 is 0 Å². The highest BCUT2D eigenvalue weighted by Gasteiger charge is 2.50. The second kappa shape index (κ2) is 8.58. The lowest BCUT2D eigenvalue weighted by atomic mass is 9.92. The van der Waals surface area contributed by atoms with E-state index in [-0.39, 0.29) is 17.0 Å². The largest absolute Gasteiger partial charge is 0.452 e. The fourth-order valence-electron chi connectivity index (χ4n) is 3.47. The predicted molar refractivity (Wildman–Crippen MR) is 114 cm³/mol. The molecular formula is C23H20N4O6. The van der Waals surface area contributed by atoms with E-state index in [1.165, 1.54) is 6.92 Å². The van der Waals surface area contributed by atoms with Gasteiger partial charge < -0.3 is 14.6 Å². The number of esters is 1. The SMILES string of the molecule is Cc1onc(-c2ccccc2)c1C(=O)OCC(=O)NN1C(=O)NC(C)(c2ccccc2)C1=O. The van der Waals surface area contributed by atoms with Gasteiger partial charge in [0.15, 0.2) is 6.61 Å². The van der Waals surface area contributed by atoms with Crippen molar-refractivity contribution in [1.82, 2.24) is 20.9 Å².